The van der Waals surface area contributed by atoms with Crippen molar-refractivity contribution in [3.05, 3.63) is 36.5 Å². The Morgan fingerprint density at radius 2 is 1.86 bits per heavy atom. The van der Waals surface area contributed by atoms with Crippen LogP contribution in [0.5, 0.6) is 0 Å². The fraction of sp³-hybridized carbons (Fsp3) is 0.571. The summed E-state index contributed by atoms with van der Waals surface area (Å²) in [7, 11) is 0. The van der Waals surface area contributed by atoms with Crippen LogP contribution in [0.3, 0.4) is 0 Å². The molecule has 0 aromatic carbocycles. The van der Waals surface area contributed by atoms with E-state index in [1.54, 1.807) is 0 Å². The van der Waals surface area contributed by atoms with Gasteiger partial charge in [-0.3, -0.25) is 0 Å². The van der Waals surface area contributed by atoms with Crippen LogP contribution in [0, 0.1) is 5.41 Å². The van der Waals surface area contributed by atoms with Gasteiger partial charge >= 0.3 is 0 Å². The van der Waals surface area contributed by atoms with Crippen LogP contribution in [0.2, 0.25) is 0 Å². The second kappa shape index (κ2) is 5.19. The Labute approximate surface area is 88.4 Å². The van der Waals surface area contributed by atoms with Gasteiger partial charge < -0.3 is 0 Å². The molecule has 0 nitrogen and oxygen atoms in total. The minimum Gasteiger partial charge on any atom is -0.0988 e. The number of rotatable bonds is 3. The summed E-state index contributed by atoms with van der Waals surface area (Å²) in [6.45, 7) is 8.37. The number of allylic oxidation sites excluding steroid dienone is 5. The fourth-order valence-corrected chi connectivity index (χ4v) is 2.34. The lowest BCUT2D eigenvalue weighted by Gasteiger charge is -2.34. The van der Waals surface area contributed by atoms with Crippen molar-refractivity contribution in [2.75, 3.05) is 0 Å². The van der Waals surface area contributed by atoms with E-state index in [4.69, 9.17) is 0 Å². The monoisotopic (exact) mass is 190 g/mol. The van der Waals surface area contributed by atoms with Crippen LogP contribution in [0.15, 0.2) is 36.5 Å². The molecule has 78 valence electrons. The van der Waals surface area contributed by atoms with Crippen molar-refractivity contribution in [2.24, 2.45) is 5.41 Å². The smallest absolute Gasteiger partial charge is 0.00755 e. The van der Waals surface area contributed by atoms with Gasteiger partial charge in [-0.25, -0.2) is 0 Å². The van der Waals surface area contributed by atoms with Crippen molar-refractivity contribution >= 4 is 0 Å². The standard InChI is InChI=1S/C14H22/c1-4-6-10-13(5-2)14(3)11-8-7-9-12-14/h4-6,10H,2,7-9,11-12H2,1,3H3/b6-4-,13-10+. The zero-order chi connectivity index (χ0) is 10.4. The van der Waals surface area contributed by atoms with Gasteiger partial charge in [0.05, 0.1) is 0 Å². The topological polar surface area (TPSA) is 0 Å². The molecule has 0 N–H and O–H groups in total. The minimum absolute atomic E-state index is 0.388. The quantitative estimate of drug-likeness (QED) is 0.568. The van der Waals surface area contributed by atoms with Crippen molar-refractivity contribution < 1.29 is 0 Å². The molecule has 0 amide bonds. The lowest BCUT2D eigenvalue weighted by Crippen LogP contribution is -2.21. The van der Waals surface area contributed by atoms with Crippen LogP contribution in [0.1, 0.15) is 46.0 Å². The van der Waals surface area contributed by atoms with E-state index in [-0.39, 0.29) is 0 Å². The zero-order valence-corrected chi connectivity index (χ0v) is 9.55. The van der Waals surface area contributed by atoms with Crippen LogP contribution < -0.4 is 0 Å². The maximum atomic E-state index is 3.93. The van der Waals surface area contributed by atoms with Gasteiger partial charge in [0.25, 0.3) is 0 Å². The zero-order valence-electron chi connectivity index (χ0n) is 9.55. The van der Waals surface area contributed by atoms with Gasteiger partial charge in [0, 0.05) is 0 Å². The van der Waals surface area contributed by atoms with Gasteiger partial charge in [0.1, 0.15) is 0 Å². The van der Waals surface area contributed by atoms with E-state index in [2.05, 4.69) is 38.7 Å². The van der Waals surface area contributed by atoms with E-state index in [0.29, 0.717) is 5.41 Å². The highest BCUT2D eigenvalue weighted by Gasteiger charge is 2.28. The van der Waals surface area contributed by atoms with Crippen molar-refractivity contribution in [1.29, 1.82) is 0 Å². The molecule has 0 aliphatic heterocycles. The molecular weight excluding hydrogens is 168 g/mol. The number of hydrogen-bond acceptors (Lipinski definition) is 0. The summed E-state index contributed by atoms with van der Waals surface area (Å²) in [6.07, 6.45) is 15.2. The van der Waals surface area contributed by atoms with Gasteiger partial charge in [-0.15, -0.1) is 0 Å². The normalized spacial score (nSPS) is 22.6. The minimum atomic E-state index is 0.388. The van der Waals surface area contributed by atoms with Gasteiger partial charge in [-0.2, -0.15) is 0 Å². The van der Waals surface area contributed by atoms with E-state index < -0.39 is 0 Å². The third-order valence-electron chi connectivity index (χ3n) is 3.34. The first-order chi connectivity index (χ1) is 6.73. The van der Waals surface area contributed by atoms with E-state index in [1.165, 1.54) is 37.7 Å². The highest BCUT2D eigenvalue weighted by Crippen LogP contribution is 2.42. The van der Waals surface area contributed by atoms with Crippen molar-refractivity contribution in [3.63, 3.8) is 0 Å². The van der Waals surface area contributed by atoms with Crippen LogP contribution >= 0.6 is 0 Å². The van der Waals surface area contributed by atoms with Crippen molar-refractivity contribution in [3.8, 4) is 0 Å². The van der Waals surface area contributed by atoms with Crippen LogP contribution in [0.25, 0.3) is 0 Å². The lowest BCUT2D eigenvalue weighted by atomic mass is 9.70. The van der Waals surface area contributed by atoms with E-state index >= 15 is 0 Å². The molecule has 0 atom stereocenters. The van der Waals surface area contributed by atoms with Crippen LogP contribution in [-0.4, -0.2) is 0 Å². The summed E-state index contributed by atoms with van der Waals surface area (Å²) in [6, 6.07) is 0. The predicted octanol–water partition coefficient (Wildman–Crippen LogP) is 4.65. The largest absolute Gasteiger partial charge is 0.0988 e. The molecule has 0 heteroatoms. The Bertz CT molecular complexity index is 237. The lowest BCUT2D eigenvalue weighted by molar-refractivity contribution is 0.273. The first kappa shape index (κ1) is 11.3. The third kappa shape index (κ3) is 2.60. The Balaban J connectivity index is 2.80. The summed E-state index contributed by atoms with van der Waals surface area (Å²) in [5, 5.41) is 0. The average molecular weight is 190 g/mol. The molecule has 0 unspecified atom stereocenters. The van der Waals surface area contributed by atoms with E-state index in [1.807, 2.05) is 6.08 Å². The Kier molecular flexibility index (Phi) is 4.19. The number of hydrogen-bond donors (Lipinski definition) is 0. The molecule has 0 bridgehead atoms. The Hall–Kier alpha value is -0.780. The molecule has 0 saturated heterocycles. The summed E-state index contributed by atoms with van der Waals surface area (Å²) < 4.78 is 0. The molecule has 0 aromatic rings. The van der Waals surface area contributed by atoms with Crippen molar-refractivity contribution in [2.45, 2.75) is 46.0 Å². The van der Waals surface area contributed by atoms with Crippen LogP contribution in [0.4, 0.5) is 0 Å². The third-order valence-corrected chi connectivity index (χ3v) is 3.34. The Morgan fingerprint density at radius 1 is 1.21 bits per heavy atom. The predicted molar refractivity (Wildman–Crippen MR) is 64.3 cm³/mol. The highest BCUT2D eigenvalue weighted by molar-refractivity contribution is 5.29. The Morgan fingerprint density at radius 3 is 2.36 bits per heavy atom. The molecule has 1 fully saturated rings. The molecule has 14 heavy (non-hydrogen) atoms. The molecule has 1 rings (SSSR count). The first-order valence-electron chi connectivity index (χ1n) is 5.69. The first-order valence-corrected chi connectivity index (χ1v) is 5.69. The second-order valence-corrected chi connectivity index (χ2v) is 4.47. The maximum Gasteiger partial charge on any atom is -0.00755 e. The average Bonchev–Trinajstić information content (AvgIpc) is 2.20. The molecular formula is C14H22. The summed E-state index contributed by atoms with van der Waals surface area (Å²) in [4.78, 5) is 0. The van der Waals surface area contributed by atoms with E-state index in [9.17, 15) is 0 Å². The molecule has 1 aliphatic carbocycles. The summed E-state index contributed by atoms with van der Waals surface area (Å²) in [5.74, 6) is 0. The van der Waals surface area contributed by atoms with Gasteiger partial charge in [0.2, 0.25) is 0 Å². The van der Waals surface area contributed by atoms with Gasteiger partial charge in [-0.1, -0.05) is 57.1 Å². The highest BCUT2D eigenvalue weighted by atomic mass is 14.3. The SMILES string of the molecule is C=C/C(=C\C=C/C)C1(C)CCCCC1. The molecule has 0 aromatic heterocycles. The molecule has 0 heterocycles. The molecule has 1 saturated carbocycles. The van der Waals surface area contributed by atoms with Crippen LogP contribution in [-0.2, 0) is 0 Å². The molecule has 0 spiro atoms. The summed E-state index contributed by atoms with van der Waals surface area (Å²) >= 11 is 0. The maximum absolute atomic E-state index is 3.93. The molecule has 0 radical (unpaired) electrons. The molecule has 1 aliphatic rings. The van der Waals surface area contributed by atoms with Gasteiger partial charge in [-0.05, 0) is 30.8 Å². The summed E-state index contributed by atoms with van der Waals surface area (Å²) in [5.41, 5.74) is 1.80. The second-order valence-electron chi connectivity index (χ2n) is 4.47. The van der Waals surface area contributed by atoms with Crippen molar-refractivity contribution in [1.82, 2.24) is 0 Å². The van der Waals surface area contributed by atoms with Gasteiger partial charge in [0.15, 0.2) is 0 Å². The fourth-order valence-electron chi connectivity index (χ4n) is 2.34. The van der Waals surface area contributed by atoms with E-state index in [0.717, 1.165) is 0 Å².